The molecule has 1 rings (SSSR count). The molecule has 0 amide bonds. The van der Waals surface area contributed by atoms with Crippen molar-refractivity contribution in [2.24, 2.45) is 0 Å². The number of unbranched alkanes of at least 4 members (excludes halogenated alkanes) is 1. The fourth-order valence-corrected chi connectivity index (χ4v) is 1.87. The monoisotopic (exact) mass is 281 g/mol. The second kappa shape index (κ2) is 10.5. The molecule has 4 heteroatoms. The first-order chi connectivity index (χ1) is 9.81. The highest BCUT2D eigenvalue weighted by Gasteiger charge is 2.05. The van der Waals surface area contributed by atoms with E-state index in [1.807, 2.05) is 12.1 Å². The van der Waals surface area contributed by atoms with E-state index >= 15 is 0 Å². The summed E-state index contributed by atoms with van der Waals surface area (Å²) in [4.78, 5) is 0. The summed E-state index contributed by atoms with van der Waals surface area (Å²) >= 11 is 0. The topological polar surface area (TPSA) is 39.7 Å². The zero-order chi connectivity index (χ0) is 14.6. The molecular formula is C16H27NO3. The van der Waals surface area contributed by atoms with Gasteiger partial charge in [-0.25, -0.2) is 0 Å². The van der Waals surface area contributed by atoms with Crippen LogP contribution in [-0.4, -0.2) is 34.0 Å². The number of hydrogen-bond donors (Lipinski definition) is 1. The minimum atomic E-state index is 0.706. The van der Waals surface area contributed by atoms with Gasteiger partial charge in [-0.15, -0.1) is 0 Å². The molecule has 0 heterocycles. The van der Waals surface area contributed by atoms with Crippen LogP contribution in [-0.2, 0) is 11.3 Å². The third-order valence-corrected chi connectivity index (χ3v) is 3.02. The van der Waals surface area contributed by atoms with Crippen molar-refractivity contribution >= 4 is 0 Å². The van der Waals surface area contributed by atoms with Gasteiger partial charge in [0.2, 0.25) is 0 Å². The van der Waals surface area contributed by atoms with E-state index in [1.54, 1.807) is 14.2 Å². The van der Waals surface area contributed by atoms with Crippen LogP contribution >= 0.6 is 0 Å². The van der Waals surface area contributed by atoms with Crippen LogP contribution in [0.1, 0.15) is 31.7 Å². The Morgan fingerprint density at radius 2 is 1.90 bits per heavy atom. The van der Waals surface area contributed by atoms with Gasteiger partial charge >= 0.3 is 0 Å². The van der Waals surface area contributed by atoms with Crippen molar-refractivity contribution < 1.29 is 14.2 Å². The summed E-state index contributed by atoms with van der Waals surface area (Å²) in [5.41, 5.74) is 1.17. The van der Waals surface area contributed by atoms with Crippen molar-refractivity contribution in [2.75, 3.05) is 34.0 Å². The predicted octanol–water partition coefficient (Wildman–Crippen LogP) is 3.00. The summed E-state index contributed by atoms with van der Waals surface area (Å²) in [6, 6.07) is 5.99. The average Bonchev–Trinajstić information content (AvgIpc) is 2.48. The molecule has 0 spiro atoms. The number of benzene rings is 1. The third kappa shape index (κ3) is 6.26. The number of hydrogen-bond acceptors (Lipinski definition) is 4. The van der Waals surface area contributed by atoms with E-state index in [0.29, 0.717) is 6.61 Å². The van der Waals surface area contributed by atoms with Crippen molar-refractivity contribution in [2.45, 2.75) is 32.7 Å². The van der Waals surface area contributed by atoms with Gasteiger partial charge in [0.1, 0.15) is 11.5 Å². The van der Waals surface area contributed by atoms with E-state index in [0.717, 1.165) is 50.5 Å². The SMILES string of the molecule is CCCNCc1ccc(OC)cc1OCCCCOC. The Hall–Kier alpha value is -1.26. The van der Waals surface area contributed by atoms with Gasteiger partial charge in [0.15, 0.2) is 0 Å². The maximum absolute atomic E-state index is 5.88. The first-order valence-corrected chi connectivity index (χ1v) is 7.31. The van der Waals surface area contributed by atoms with Gasteiger partial charge in [-0.1, -0.05) is 13.0 Å². The van der Waals surface area contributed by atoms with Crippen LogP contribution in [0.2, 0.25) is 0 Å². The lowest BCUT2D eigenvalue weighted by molar-refractivity contribution is 0.184. The molecule has 20 heavy (non-hydrogen) atoms. The van der Waals surface area contributed by atoms with Crippen LogP contribution in [0.5, 0.6) is 11.5 Å². The summed E-state index contributed by atoms with van der Waals surface area (Å²) in [6.07, 6.45) is 3.14. The van der Waals surface area contributed by atoms with E-state index in [-0.39, 0.29) is 0 Å². The molecule has 0 unspecified atom stereocenters. The highest BCUT2D eigenvalue weighted by Crippen LogP contribution is 2.25. The van der Waals surface area contributed by atoms with E-state index in [1.165, 1.54) is 5.56 Å². The van der Waals surface area contributed by atoms with Crippen LogP contribution in [0, 0.1) is 0 Å². The molecule has 4 nitrogen and oxygen atoms in total. The molecule has 0 bridgehead atoms. The number of methoxy groups -OCH3 is 2. The summed E-state index contributed by atoms with van der Waals surface area (Å²) in [7, 11) is 3.40. The van der Waals surface area contributed by atoms with Gasteiger partial charge in [-0.2, -0.15) is 0 Å². The van der Waals surface area contributed by atoms with E-state index in [4.69, 9.17) is 14.2 Å². The van der Waals surface area contributed by atoms with E-state index < -0.39 is 0 Å². The Morgan fingerprint density at radius 3 is 2.60 bits per heavy atom. The van der Waals surface area contributed by atoms with Gasteiger partial charge in [-0.05, 0) is 31.9 Å². The minimum Gasteiger partial charge on any atom is -0.497 e. The molecule has 0 saturated carbocycles. The molecule has 0 radical (unpaired) electrons. The molecule has 1 aromatic carbocycles. The summed E-state index contributed by atoms with van der Waals surface area (Å²) < 4.78 is 16.2. The Labute approximate surface area is 122 Å². The second-order valence-corrected chi connectivity index (χ2v) is 4.70. The fraction of sp³-hybridized carbons (Fsp3) is 0.625. The normalized spacial score (nSPS) is 10.6. The second-order valence-electron chi connectivity index (χ2n) is 4.70. The van der Waals surface area contributed by atoms with Crippen molar-refractivity contribution in [3.05, 3.63) is 23.8 Å². The lowest BCUT2D eigenvalue weighted by Crippen LogP contribution is -2.15. The minimum absolute atomic E-state index is 0.706. The predicted molar refractivity (Wildman–Crippen MR) is 81.6 cm³/mol. The van der Waals surface area contributed by atoms with E-state index in [2.05, 4.69) is 18.3 Å². The quantitative estimate of drug-likeness (QED) is 0.633. The fourth-order valence-electron chi connectivity index (χ4n) is 1.87. The van der Waals surface area contributed by atoms with Gasteiger partial charge in [0, 0.05) is 31.9 Å². The number of ether oxygens (including phenoxy) is 3. The van der Waals surface area contributed by atoms with Crippen LogP contribution in [0.4, 0.5) is 0 Å². The van der Waals surface area contributed by atoms with Crippen molar-refractivity contribution in [3.8, 4) is 11.5 Å². The Bertz CT molecular complexity index is 369. The van der Waals surface area contributed by atoms with Crippen molar-refractivity contribution in [1.82, 2.24) is 5.32 Å². The highest BCUT2D eigenvalue weighted by atomic mass is 16.5. The van der Waals surface area contributed by atoms with Gasteiger partial charge < -0.3 is 19.5 Å². The molecule has 0 aromatic heterocycles. The lowest BCUT2D eigenvalue weighted by Gasteiger charge is -2.13. The van der Waals surface area contributed by atoms with Crippen molar-refractivity contribution in [1.29, 1.82) is 0 Å². The van der Waals surface area contributed by atoms with E-state index in [9.17, 15) is 0 Å². The van der Waals surface area contributed by atoms with Gasteiger partial charge in [-0.3, -0.25) is 0 Å². The van der Waals surface area contributed by atoms with Crippen LogP contribution in [0.3, 0.4) is 0 Å². The maximum Gasteiger partial charge on any atom is 0.127 e. The van der Waals surface area contributed by atoms with Crippen LogP contribution < -0.4 is 14.8 Å². The highest BCUT2D eigenvalue weighted by molar-refractivity contribution is 5.40. The largest absolute Gasteiger partial charge is 0.497 e. The first-order valence-electron chi connectivity index (χ1n) is 7.31. The molecule has 1 N–H and O–H groups in total. The number of rotatable bonds is 11. The van der Waals surface area contributed by atoms with Crippen molar-refractivity contribution in [3.63, 3.8) is 0 Å². The molecule has 0 aliphatic heterocycles. The zero-order valence-corrected chi connectivity index (χ0v) is 12.9. The molecule has 0 saturated heterocycles. The van der Waals surface area contributed by atoms with Gasteiger partial charge in [0.25, 0.3) is 0 Å². The Morgan fingerprint density at radius 1 is 1.10 bits per heavy atom. The third-order valence-electron chi connectivity index (χ3n) is 3.02. The zero-order valence-electron chi connectivity index (χ0n) is 12.9. The average molecular weight is 281 g/mol. The van der Waals surface area contributed by atoms with Crippen LogP contribution in [0.15, 0.2) is 18.2 Å². The Balaban J connectivity index is 2.54. The molecule has 0 atom stereocenters. The molecule has 0 aliphatic carbocycles. The summed E-state index contributed by atoms with van der Waals surface area (Å²) in [6.45, 7) is 5.49. The maximum atomic E-state index is 5.88. The summed E-state index contributed by atoms with van der Waals surface area (Å²) in [5, 5.41) is 3.40. The molecule has 0 aliphatic rings. The smallest absolute Gasteiger partial charge is 0.127 e. The molecule has 0 fully saturated rings. The van der Waals surface area contributed by atoms with Gasteiger partial charge in [0.05, 0.1) is 13.7 Å². The first kappa shape index (κ1) is 16.8. The lowest BCUT2D eigenvalue weighted by atomic mass is 10.2. The number of nitrogens with one attached hydrogen (secondary N) is 1. The summed E-state index contributed by atoms with van der Waals surface area (Å²) in [5.74, 6) is 1.74. The standard InChI is InChI=1S/C16H27NO3/c1-4-9-17-13-14-7-8-15(19-3)12-16(14)20-11-6-5-10-18-2/h7-8,12,17H,4-6,9-11,13H2,1-3H3. The molecule has 1 aromatic rings. The van der Waals surface area contributed by atoms with Crippen LogP contribution in [0.25, 0.3) is 0 Å². The molecule has 114 valence electrons. The molecular weight excluding hydrogens is 254 g/mol. The Kier molecular flexibility index (Phi) is 8.83.